The first-order chi connectivity index (χ1) is 9.56. The number of methoxy groups -OCH3 is 1. The SMILES string of the molecule is CNCc1ccc(-c2cc(C)c(=O)n(C)c2)cc1OC. The molecule has 2 rings (SSSR count). The van der Waals surface area contributed by atoms with Gasteiger partial charge < -0.3 is 14.6 Å². The van der Waals surface area contributed by atoms with E-state index < -0.39 is 0 Å². The maximum absolute atomic E-state index is 11.7. The Bertz CT molecular complexity index is 648. The fourth-order valence-electron chi connectivity index (χ4n) is 2.30. The molecule has 0 spiro atoms. The smallest absolute Gasteiger partial charge is 0.253 e. The summed E-state index contributed by atoms with van der Waals surface area (Å²) >= 11 is 0. The van der Waals surface area contributed by atoms with E-state index in [0.29, 0.717) is 0 Å². The highest BCUT2D eigenvalue weighted by atomic mass is 16.5. The van der Waals surface area contributed by atoms with Gasteiger partial charge in [0.25, 0.3) is 5.56 Å². The molecule has 0 radical (unpaired) electrons. The van der Waals surface area contributed by atoms with Crippen LogP contribution in [-0.2, 0) is 13.6 Å². The van der Waals surface area contributed by atoms with E-state index in [1.165, 1.54) is 0 Å². The van der Waals surface area contributed by atoms with Crippen molar-refractivity contribution in [2.45, 2.75) is 13.5 Å². The minimum absolute atomic E-state index is 0.0347. The first kappa shape index (κ1) is 14.3. The van der Waals surface area contributed by atoms with Crippen molar-refractivity contribution in [3.8, 4) is 16.9 Å². The zero-order valence-electron chi connectivity index (χ0n) is 12.4. The minimum Gasteiger partial charge on any atom is -0.496 e. The predicted octanol–water partition coefficient (Wildman–Crippen LogP) is 2.09. The number of aromatic nitrogens is 1. The number of ether oxygens (including phenoxy) is 1. The molecular weight excluding hydrogens is 252 g/mol. The van der Waals surface area contributed by atoms with Crippen molar-refractivity contribution in [1.82, 2.24) is 9.88 Å². The summed E-state index contributed by atoms with van der Waals surface area (Å²) in [5.41, 5.74) is 3.94. The standard InChI is InChI=1S/C16H20N2O2/c1-11-7-14(10-18(3)16(11)19)12-5-6-13(9-17-2)15(8-12)20-4/h5-8,10,17H,9H2,1-4H3. The molecule has 0 bridgehead atoms. The molecule has 1 aromatic carbocycles. The molecule has 0 saturated carbocycles. The first-order valence-corrected chi connectivity index (χ1v) is 6.56. The Labute approximate surface area is 119 Å². The van der Waals surface area contributed by atoms with Crippen molar-refractivity contribution in [2.75, 3.05) is 14.2 Å². The Kier molecular flexibility index (Phi) is 4.25. The molecule has 0 atom stereocenters. The molecule has 0 aliphatic heterocycles. The monoisotopic (exact) mass is 272 g/mol. The summed E-state index contributed by atoms with van der Waals surface area (Å²) in [6, 6.07) is 8.01. The van der Waals surface area contributed by atoms with Crippen molar-refractivity contribution in [3.05, 3.63) is 51.9 Å². The number of aryl methyl sites for hydroxylation is 2. The van der Waals surface area contributed by atoms with Gasteiger partial charge in [0, 0.05) is 30.9 Å². The van der Waals surface area contributed by atoms with Crippen LogP contribution in [0.15, 0.2) is 35.3 Å². The lowest BCUT2D eigenvalue weighted by molar-refractivity contribution is 0.408. The van der Waals surface area contributed by atoms with Crippen LogP contribution in [-0.4, -0.2) is 18.7 Å². The van der Waals surface area contributed by atoms with E-state index in [4.69, 9.17) is 4.74 Å². The highest BCUT2D eigenvalue weighted by Gasteiger charge is 2.07. The van der Waals surface area contributed by atoms with Crippen molar-refractivity contribution in [1.29, 1.82) is 0 Å². The van der Waals surface area contributed by atoms with Crippen LogP contribution in [0.25, 0.3) is 11.1 Å². The van der Waals surface area contributed by atoms with Gasteiger partial charge in [-0.15, -0.1) is 0 Å². The van der Waals surface area contributed by atoms with E-state index in [2.05, 4.69) is 11.4 Å². The van der Waals surface area contributed by atoms with Crippen molar-refractivity contribution >= 4 is 0 Å². The van der Waals surface area contributed by atoms with E-state index in [1.54, 1.807) is 18.7 Å². The lowest BCUT2D eigenvalue weighted by Crippen LogP contribution is -2.18. The summed E-state index contributed by atoms with van der Waals surface area (Å²) in [5.74, 6) is 0.850. The zero-order chi connectivity index (χ0) is 14.7. The van der Waals surface area contributed by atoms with Crippen LogP contribution in [0.4, 0.5) is 0 Å². The second-order valence-electron chi connectivity index (χ2n) is 4.88. The fraction of sp³-hybridized carbons (Fsp3) is 0.312. The van der Waals surface area contributed by atoms with Crippen LogP contribution < -0.4 is 15.6 Å². The number of nitrogens with zero attached hydrogens (tertiary/aromatic N) is 1. The number of nitrogens with one attached hydrogen (secondary N) is 1. The third-order valence-electron chi connectivity index (χ3n) is 3.35. The fourth-order valence-corrected chi connectivity index (χ4v) is 2.30. The lowest BCUT2D eigenvalue weighted by atomic mass is 10.0. The van der Waals surface area contributed by atoms with E-state index in [1.807, 2.05) is 38.4 Å². The van der Waals surface area contributed by atoms with E-state index in [9.17, 15) is 4.79 Å². The van der Waals surface area contributed by atoms with E-state index >= 15 is 0 Å². The molecule has 0 aliphatic carbocycles. The van der Waals surface area contributed by atoms with Crippen LogP contribution in [0.5, 0.6) is 5.75 Å². The highest BCUT2D eigenvalue weighted by Crippen LogP contribution is 2.27. The molecule has 4 heteroatoms. The molecule has 0 saturated heterocycles. The van der Waals surface area contributed by atoms with Gasteiger partial charge in [0.05, 0.1) is 7.11 Å². The molecule has 106 valence electrons. The predicted molar refractivity (Wildman–Crippen MR) is 81.2 cm³/mol. The Morgan fingerprint density at radius 3 is 2.60 bits per heavy atom. The van der Waals surface area contributed by atoms with Gasteiger partial charge in [0.15, 0.2) is 0 Å². The first-order valence-electron chi connectivity index (χ1n) is 6.56. The van der Waals surface area contributed by atoms with Gasteiger partial charge in [-0.1, -0.05) is 12.1 Å². The molecule has 0 amide bonds. The molecule has 0 aliphatic rings. The van der Waals surface area contributed by atoms with Crippen LogP contribution >= 0.6 is 0 Å². The molecule has 1 heterocycles. The number of hydrogen-bond donors (Lipinski definition) is 1. The van der Waals surface area contributed by atoms with E-state index in [-0.39, 0.29) is 5.56 Å². The molecule has 2 aromatic rings. The Balaban J connectivity index is 2.50. The zero-order valence-corrected chi connectivity index (χ0v) is 12.4. The second kappa shape index (κ2) is 5.92. The Morgan fingerprint density at radius 2 is 2.00 bits per heavy atom. The highest BCUT2D eigenvalue weighted by molar-refractivity contribution is 5.66. The van der Waals surface area contributed by atoms with Crippen molar-refractivity contribution < 1.29 is 4.74 Å². The topological polar surface area (TPSA) is 43.3 Å². The molecule has 1 N–H and O–H groups in total. The average Bonchev–Trinajstić information content (AvgIpc) is 2.45. The van der Waals surface area contributed by atoms with Gasteiger partial charge in [-0.3, -0.25) is 4.79 Å². The maximum Gasteiger partial charge on any atom is 0.253 e. The third-order valence-corrected chi connectivity index (χ3v) is 3.35. The maximum atomic E-state index is 11.7. The van der Waals surface area contributed by atoms with Gasteiger partial charge in [-0.05, 0) is 37.2 Å². The van der Waals surface area contributed by atoms with Crippen LogP contribution in [0.2, 0.25) is 0 Å². The molecule has 4 nitrogen and oxygen atoms in total. The summed E-state index contributed by atoms with van der Waals surface area (Å²) in [5, 5.41) is 3.12. The number of rotatable bonds is 4. The number of pyridine rings is 1. The molecular formula is C16H20N2O2. The van der Waals surface area contributed by atoms with Crippen molar-refractivity contribution in [3.63, 3.8) is 0 Å². The molecule has 20 heavy (non-hydrogen) atoms. The quantitative estimate of drug-likeness (QED) is 0.927. The van der Waals surface area contributed by atoms with E-state index in [0.717, 1.165) is 34.5 Å². The number of hydrogen-bond acceptors (Lipinski definition) is 3. The molecule has 0 fully saturated rings. The molecule has 0 unspecified atom stereocenters. The summed E-state index contributed by atoms with van der Waals surface area (Å²) in [7, 11) is 5.35. The largest absolute Gasteiger partial charge is 0.496 e. The van der Waals surface area contributed by atoms with Gasteiger partial charge >= 0.3 is 0 Å². The second-order valence-corrected chi connectivity index (χ2v) is 4.88. The summed E-state index contributed by atoms with van der Waals surface area (Å²) in [6.45, 7) is 2.59. The lowest BCUT2D eigenvalue weighted by Gasteiger charge is -2.12. The van der Waals surface area contributed by atoms with Crippen LogP contribution in [0.1, 0.15) is 11.1 Å². The Morgan fingerprint density at radius 1 is 1.25 bits per heavy atom. The van der Waals surface area contributed by atoms with Gasteiger partial charge in [-0.25, -0.2) is 0 Å². The van der Waals surface area contributed by atoms with Gasteiger partial charge in [0.2, 0.25) is 0 Å². The van der Waals surface area contributed by atoms with Crippen LogP contribution in [0.3, 0.4) is 0 Å². The summed E-state index contributed by atoms with van der Waals surface area (Å²) in [6.07, 6.45) is 1.85. The van der Waals surface area contributed by atoms with Crippen LogP contribution in [0, 0.1) is 6.92 Å². The van der Waals surface area contributed by atoms with Gasteiger partial charge in [-0.2, -0.15) is 0 Å². The third kappa shape index (κ3) is 2.75. The molecule has 1 aromatic heterocycles. The average molecular weight is 272 g/mol. The van der Waals surface area contributed by atoms with Crippen molar-refractivity contribution in [2.24, 2.45) is 7.05 Å². The minimum atomic E-state index is 0.0347. The summed E-state index contributed by atoms with van der Waals surface area (Å²) in [4.78, 5) is 11.7. The number of benzene rings is 1. The Hall–Kier alpha value is -2.07. The normalized spacial score (nSPS) is 10.6. The summed E-state index contributed by atoms with van der Waals surface area (Å²) < 4.78 is 7.05. The van der Waals surface area contributed by atoms with Gasteiger partial charge in [0.1, 0.15) is 5.75 Å².